The lowest BCUT2D eigenvalue weighted by Gasteiger charge is -2.37. The third-order valence-electron chi connectivity index (χ3n) is 4.29. The number of rotatable bonds is 3. The molecule has 3 heterocycles. The van der Waals surface area contributed by atoms with Crippen LogP contribution in [0.2, 0.25) is 0 Å². The molecular formula is C16H22N6OS. The molecule has 0 unspecified atom stereocenters. The standard InChI is InChI=1S/C16H22N6OS/c1-11-8-14(19-10-18-11)21(3)13-4-6-22(7-5-13)16(23)20-15-17-9-12(2)24-15/h8-10,13H,4-7H2,1-3H3,(H,17,20,23). The quantitative estimate of drug-likeness (QED) is 0.925. The number of nitrogens with one attached hydrogen (secondary N) is 1. The van der Waals surface area contributed by atoms with E-state index in [4.69, 9.17) is 0 Å². The van der Waals surface area contributed by atoms with Crippen molar-refractivity contribution < 1.29 is 4.79 Å². The lowest BCUT2D eigenvalue weighted by Crippen LogP contribution is -2.47. The summed E-state index contributed by atoms with van der Waals surface area (Å²) in [4.78, 5) is 30.1. The highest BCUT2D eigenvalue weighted by Gasteiger charge is 2.26. The number of likely N-dealkylation sites (tertiary alicyclic amines) is 1. The Hall–Kier alpha value is -2.22. The molecule has 1 aliphatic rings. The SMILES string of the molecule is Cc1cc(N(C)C2CCN(C(=O)Nc3ncc(C)s3)CC2)ncn1. The fourth-order valence-corrected chi connectivity index (χ4v) is 3.51. The molecule has 7 nitrogen and oxygen atoms in total. The van der Waals surface area contributed by atoms with Crippen molar-refractivity contribution in [2.75, 3.05) is 30.4 Å². The number of anilines is 2. The van der Waals surface area contributed by atoms with Crippen molar-refractivity contribution in [3.05, 3.63) is 29.2 Å². The molecule has 0 aromatic carbocycles. The van der Waals surface area contributed by atoms with Crippen molar-refractivity contribution in [2.24, 2.45) is 0 Å². The van der Waals surface area contributed by atoms with E-state index in [1.165, 1.54) is 11.3 Å². The summed E-state index contributed by atoms with van der Waals surface area (Å²) in [5.74, 6) is 0.934. The molecule has 0 atom stereocenters. The summed E-state index contributed by atoms with van der Waals surface area (Å²) < 4.78 is 0. The Morgan fingerprint density at radius 3 is 2.67 bits per heavy atom. The number of piperidine rings is 1. The normalized spacial score (nSPS) is 15.4. The summed E-state index contributed by atoms with van der Waals surface area (Å²) in [6.07, 6.45) is 5.21. The molecule has 0 saturated carbocycles. The van der Waals surface area contributed by atoms with Crippen molar-refractivity contribution in [3.8, 4) is 0 Å². The number of amides is 2. The maximum atomic E-state index is 12.3. The molecule has 2 aromatic rings. The van der Waals surface area contributed by atoms with Crippen LogP contribution in [0.15, 0.2) is 18.6 Å². The fraction of sp³-hybridized carbons (Fsp3) is 0.500. The molecule has 1 N–H and O–H groups in total. The van der Waals surface area contributed by atoms with E-state index in [0.717, 1.165) is 42.3 Å². The fourth-order valence-electron chi connectivity index (χ4n) is 2.86. The van der Waals surface area contributed by atoms with Gasteiger partial charge in [-0.2, -0.15) is 0 Å². The minimum atomic E-state index is -0.0664. The molecule has 128 valence electrons. The summed E-state index contributed by atoms with van der Waals surface area (Å²) in [6.45, 7) is 5.40. The van der Waals surface area contributed by atoms with Crippen molar-refractivity contribution in [1.82, 2.24) is 19.9 Å². The molecule has 2 amide bonds. The van der Waals surface area contributed by atoms with Gasteiger partial charge < -0.3 is 9.80 Å². The molecule has 24 heavy (non-hydrogen) atoms. The number of carbonyl (C=O) groups is 1. The Morgan fingerprint density at radius 2 is 2.04 bits per heavy atom. The van der Waals surface area contributed by atoms with Gasteiger partial charge in [0.05, 0.1) is 0 Å². The Labute approximate surface area is 145 Å². The third kappa shape index (κ3) is 3.81. The summed E-state index contributed by atoms with van der Waals surface area (Å²) in [5, 5.41) is 3.54. The Balaban J connectivity index is 1.54. The second-order valence-corrected chi connectivity index (χ2v) is 7.29. The van der Waals surface area contributed by atoms with Gasteiger partial charge in [-0.05, 0) is 26.7 Å². The van der Waals surface area contributed by atoms with Gasteiger partial charge in [0.15, 0.2) is 5.13 Å². The van der Waals surface area contributed by atoms with E-state index in [1.54, 1.807) is 12.5 Å². The first-order valence-electron chi connectivity index (χ1n) is 8.03. The van der Waals surface area contributed by atoms with Gasteiger partial charge in [0, 0.05) is 49.0 Å². The molecule has 0 spiro atoms. The van der Waals surface area contributed by atoms with Gasteiger partial charge in [0.1, 0.15) is 12.1 Å². The molecule has 1 saturated heterocycles. The smallest absolute Gasteiger partial charge is 0.323 e. The summed E-state index contributed by atoms with van der Waals surface area (Å²) in [5.41, 5.74) is 0.961. The molecule has 2 aromatic heterocycles. The molecule has 0 bridgehead atoms. The van der Waals surface area contributed by atoms with Crippen LogP contribution in [0.3, 0.4) is 0 Å². The highest BCUT2D eigenvalue weighted by atomic mass is 32.1. The lowest BCUT2D eigenvalue weighted by atomic mass is 10.0. The predicted molar refractivity (Wildman–Crippen MR) is 95.6 cm³/mol. The zero-order chi connectivity index (χ0) is 17.1. The largest absolute Gasteiger partial charge is 0.356 e. The zero-order valence-corrected chi connectivity index (χ0v) is 15.0. The minimum Gasteiger partial charge on any atom is -0.356 e. The van der Waals surface area contributed by atoms with Crippen LogP contribution in [0.5, 0.6) is 0 Å². The van der Waals surface area contributed by atoms with Crippen LogP contribution in [0.1, 0.15) is 23.4 Å². The van der Waals surface area contributed by atoms with Gasteiger partial charge >= 0.3 is 6.03 Å². The van der Waals surface area contributed by atoms with E-state index in [1.807, 2.05) is 24.8 Å². The van der Waals surface area contributed by atoms with Crippen LogP contribution in [0, 0.1) is 13.8 Å². The molecule has 0 aliphatic carbocycles. The summed E-state index contributed by atoms with van der Waals surface area (Å²) >= 11 is 1.49. The van der Waals surface area contributed by atoms with Gasteiger partial charge in [-0.25, -0.2) is 19.7 Å². The second kappa shape index (κ2) is 7.12. The van der Waals surface area contributed by atoms with E-state index in [9.17, 15) is 4.79 Å². The van der Waals surface area contributed by atoms with Crippen molar-refractivity contribution >= 4 is 28.3 Å². The Kier molecular flexibility index (Phi) is 4.94. The van der Waals surface area contributed by atoms with E-state index in [-0.39, 0.29) is 6.03 Å². The van der Waals surface area contributed by atoms with Crippen molar-refractivity contribution in [2.45, 2.75) is 32.7 Å². The molecule has 3 rings (SSSR count). The molecular weight excluding hydrogens is 324 g/mol. The van der Waals surface area contributed by atoms with Crippen LogP contribution in [0.4, 0.5) is 15.7 Å². The van der Waals surface area contributed by atoms with Crippen LogP contribution in [0.25, 0.3) is 0 Å². The number of hydrogen-bond donors (Lipinski definition) is 1. The van der Waals surface area contributed by atoms with Crippen LogP contribution < -0.4 is 10.2 Å². The van der Waals surface area contributed by atoms with Gasteiger partial charge in [0.25, 0.3) is 0 Å². The number of urea groups is 1. The lowest BCUT2D eigenvalue weighted by molar-refractivity contribution is 0.194. The topological polar surface area (TPSA) is 74.2 Å². The first-order chi connectivity index (χ1) is 11.5. The number of aryl methyl sites for hydroxylation is 2. The van der Waals surface area contributed by atoms with Crippen LogP contribution >= 0.6 is 11.3 Å². The molecule has 0 radical (unpaired) electrons. The number of hydrogen-bond acceptors (Lipinski definition) is 6. The summed E-state index contributed by atoms with van der Waals surface area (Å²) in [6, 6.07) is 2.30. The number of aromatic nitrogens is 3. The van der Waals surface area contributed by atoms with Gasteiger partial charge in [0.2, 0.25) is 0 Å². The van der Waals surface area contributed by atoms with E-state index >= 15 is 0 Å². The van der Waals surface area contributed by atoms with E-state index in [2.05, 4.69) is 32.2 Å². The maximum Gasteiger partial charge on any atom is 0.323 e. The highest BCUT2D eigenvalue weighted by Crippen LogP contribution is 2.22. The van der Waals surface area contributed by atoms with Gasteiger partial charge in [-0.1, -0.05) is 0 Å². The number of carbonyl (C=O) groups excluding carboxylic acids is 1. The van der Waals surface area contributed by atoms with Crippen LogP contribution in [-0.2, 0) is 0 Å². The van der Waals surface area contributed by atoms with E-state index in [0.29, 0.717) is 11.2 Å². The van der Waals surface area contributed by atoms with Crippen molar-refractivity contribution in [1.29, 1.82) is 0 Å². The zero-order valence-electron chi connectivity index (χ0n) is 14.2. The monoisotopic (exact) mass is 346 g/mol. The van der Waals surface area contributed by atoms with Gasteiger partial charge in [-0.3, -0.25) is 5.32 Å². The molecule has 1 fully saturated rings. The number of nitrogens with zero attached hydrogens (tertiary/aromatic N) is 5. The first-order valence-corrected chi connectivity index (χ1v) is 8.84. The summed E-state index contributed by atoms with van der Waals surface area (Å²) in [7, 11) is 2.06. The predicted octanol–water partition coefficient (Wildman–Crippen LogP) is 2.68. The average Bonchev–Trinajstić information content (AvgIpc) is 2.99. The first kappa shape index (κ1) is 16.6. The van der Waals surface area contributed by atoms with E-state index < -0.39 is 0 Å². The highest BCUT2D eigenvalue weighted by molar-refractivity contribution is 7.15. The molecule has 8 heteroatoms. The second-order valence-electron chi connectivity index (χ2n) is 6.05. The van der Waals surface area contributed by atoms with Crippen LogP contribution in [-0.4, -0.2) is 52.1 Å². The Bertz CT molecular complexity index is 710. The number of thiazole rings is 1. The Morgan fingerprint density at radius 1 is 1.29 bits per heavy atom. The maximum absolute atomic E-state index is 12.3. The van der Waals surface area contributed by atoms with Crippen molar-refractivity contribution in [3.63, 3.8) is 0 Å². The third-order valence-corrected chi connectivity index (χ3v) is 5.11. The molecule has 1 aliphatic heterocycles. The van der Waals surface area contributed by atoms with Gasteiger partial charge in [-0.15, -0.1) is 11.3 Å². The minimum absolute atomic E-state index is 0.0664. The average molecular weight is 346 g/mol.